The second kappa shape index (κ2) is 29.0. The van der Waals surface area contributed by atoms with Gasteiger partial charge in [-0.3, -0.25) is 4.79 Å². The molecule has 0 saturated heterocycles. The first-order chi connectivity index (χ1) is 19.3. The third kappa shape index (κ3) is 18.0. The minimum atomic E-state index is 0.0529. The van der Waals surface area contributed by atoms with Gasteiger partial charge < -0.3 is 9.47 Å². The largest absolute Gasteiger partial charge is 0.490 e. The van der Waals surface area contributed by atoms with Crippen molar-refractivity contribution in [3.63, 3.8) is 0 Å². The first-order valence-corrected chi connectivity index (χ1v) is 17.2. The van der Waals surface area contributed by atoms with E-state index < -0.39 is 0 Å². The van der Waals surface area contributed by atoms with E-state index in [0.29, 0.717) is 6.10 Å². The Morgan fingerprint density at radius 3 is 1.70 bits per heavy atom. The van der Waals surface area contributed by atoms with Gasteiger partial charge in [0.15, 0.2) is 5.78 Å². The van der Waals surface area contributed by atoms with Gasteiger partial charge >= 0.3 is 0 Å². The van der Waals surface area contributed by atoms with Crippen LogP contribution in [-0.4, -0.2) is 18.5 Å². The molecule has 0 aromatic heterocycles. The zero-order valence-electron chi connectivity index (χ0n) is 29.8. The van der Waals surface area contributed by atoms with Gasteiger partial charge in [0, 0.05) is 5.56 Å². The number of carbonyl (C=O) groups excluding carboxylic acids is 1. The third-order valence-electron chi connectivity index (χ3n) is 7.04. The van der Waals surface area contributed by atoms with Gasteiger partial charge in [0.2, 0.25) is 0 Å². The van der Waals surface area contributed by atoms with Crippen molar-refractivity contribution in [1.29, 1.82) is 0 Å². The van der Waals surface area contributed by atoms with Crippen molar-refractivity contribution in [3.8, 4) is 11.5 Å². The fourth-order valence-corrected chi connectivity index (χ4v) is 4.90. The van der Waals surface area contributed by atoms with E-state index in [2.05, 4.69) is 34.6 Å². The van der Waals surface area contributed by atoms with Crippen molar-refractivity contribution in [1.82, 2.24) is 0 Å². The Kier molecular flexibility index (Phi) is 31.1. The predicted octanol–water partition coefficient (Wildman–Crippen LogP) is 12.3. The summed E-state index contributed by atoms with van der Waals surface area (Å²) in [5.74, 6) is 2.86. The molecule has 0 aliphatic carbocycles. The standard InChI is InChI=1S/C29H48O3.4C2H6/c1-21(2)16-14-12-10-8-7-9-11-13-15-17-26-18-19-27-25(6)28(31-20-22(3)30)23(4)24(5)29(27)32-26;4*1-2/h21,26H,7-20H2,1-6H3;4*1-2H3/t26-;;;;/m1..../s1. The van der Waals surface area contributed by atoms with Crippen molar-refractivity contribution in [2.24, 2.45) is 5.92 Å². The molecule has 0 radical (unpaired) electrons. The van der Waals surface area contributed by atoms with Gasteiger partial charge in [-0.05, 0) is 76.0 Å². The second-order valence-electron chi connectivity index (χ2n) is 10.4. The second-order valence-corrected chi connectivity index (χ2v) is 10.4. The molecule has 0 N–H and O–H groups in total. The lowest BCUT2D eigenvalue weighted by molar-refractivity contribution is -0.118. The van der Waals surface area contributed by atoms with Gasteiger partial charge in [0.05, 0.1) is 6.10 Å². The van der Waals surface area contributed by atoms with Crippen molar-refractivity contribution in [2.75, 3.05) is 6.61 Å². The summed E-state index contributed by atoms with van der Waals surface area (Å²) in [6.07, 6.45) is 17.4. The van der Waals surface area contributed by atoms with Crippen LogP contribution in [0.3, 0.4) is 0 Å². The summed E-state index contributed by atoms with van der Waals surface area (Å²) in [4.78, 5) is 11.4. The summed E-state index contributed by atoms with van der Waals surface area (Å²) in [6, 6.07) is 0. The van der Waals surface area contributed by atoms with Crippen molar-refractivity contribution >= 4 is 5.78 Å². The van der Waals surface area contributed by atoms with Crippen LogP contribution in [0.15, 0.2) is 0 Å². The lowest BCUT2D eigenvalue weighted by Crippen LogP contribution is -2.24. The molecule has 3 nitrogen and oxygen atoms in total. The van der Waals surface area contributed by atoms with Crippen molar-refractivity contribution < 1.29 is 14.3 Å². The van der Waals surface area contributed by atoms with Crippen molar-refractivity contribution in [2.45, 2.75) is 187 Å². The summed E-state index contributed by atoms with van der Waals surface area (Å²) in [5, 5.41) is 0. The number of rotatable bonds is 15. The summed E-state index contributed by atoms with van der Waals surface area (Å²) in [6.45, 7) is 28.7. The number of hydrogen-bond donors (Lipinski definition) is 0. The Labute approximate surface area is 252 Å². The minimum absolute atomic E-state index is 0.0529. The van der Waals surface area contributed by atoms with E-state index in [-0.39, 0.29) is 12.4 Å². The van der Waals surface area contributed by atoms with Gasteiger partial charge in [0.1, 0.15) is 18.1 Å². The van der Waals surface area contributed by atoms with Crippen LogP contribution in [0, 0.1) is 26.7 Å². The minimum Gasteiger partial charge on any atom is -0.490 e. The molecule has 3 heteroatoms. The summed E-state index contributed by atoms with van der Waals surface area (Å²) < 4.78 is 12.3. The molecule has 0 bridgehead atoms. The fourth-order valence-electron chi connectivity index (χ4n) is 4.90. The zero-order valence-corrected chi connectivity index (χ0v) is 29.8. The molecule has 40 heavy (non-hydrogen) atoms. The SMILES string of the molecule is CC.CC.CC.CC.CC(=O)COc1c(C)c(C)c2c(c1C)CC[C@@H](CCCCCCCCCCCC(C)C)O2. The molecule has 0 saturated carbocycles. The lowest BCUT2D eigenvalue weighted by Gasteiger charge is -2.31. The van der Waals surface area contributed by atoms with Crippen LogP contribution in [0.5, 0.6) is 11.5 Å². The average molecular weight is 565 g/mol. The molecule has 0 amide bonds. The van der Waals surface area contributed by atoms with E-state index in [1.807, 2.05) is 55.4 Å². The number of ketones is 1. The average Bonchev–Trinajstić information content (AvgIpc) is 2.98. The molecule has 1 aromatic rings. The molecular formula is C37H72O3. The monoisotopic (exact) mass is 565 g/mol. The molecule has 1 heterocycles. The number of ether oxygens (including phenoxy) is 2. The smallest absolute Gasteiger partial charge is 0.167 e. The summed E-state index contributed by atoms with van der Waals surface area (Å²) in [5.41, 5.74) is 4.69. The first kappa shape index (κ1) is 43.0. The zero-order chi connectivity index (χ0) is 31.5. The van der Waals surface area contributed by atoms with Crippen LogP contribution < -0.4 is 9.47 Å². The number of carbonyl (C=O) groups is 1. The highest BCUT2D eigenvalue weighted by Gasteiger charge is 2.26. The molecule has 2 rings (SSSR count). The summed E-state index contributed by atoms with van der Waals surface area (Å²) >= 11 is 0. The molecule has 1 aromatic carbocycles. The number of fused-ring (bicyclic) bond motifs is 1. The fraction of sp³-hybridized carbons (Fsp3) is 0.811. The lowest BCUT2D eigenvalue weighted by atomic mass is 9.90. The maximum atomic E-state index is 11.4. The molecule has 1 aliphatic rings. The molecule has 1 atom stereocenters. The number of Topliss-reactive ketones (excluding diaryl/α,β-unsaturated/α-hetero) is 1. The van der Waals surface area contributed by atoms with Crippen LogP contribution in [-0.2, 0) is 11.2 Å². The highest BCUT2D eigenvalue weighted by Crippen LogP contribution is 2.42. The van der Waals surface area contributed by atoms with Crippen LogP contribution in [0.1, 0.15) is 175 Å². The molecule has 1 aliphatic heterocycles. The van der Waals surface area contributed by atoms with E-state index in [0.717, 1.165) is 47.8 Å². The maximum Gasteiger partial charge on any atom is 0.167 e. The highest BCUT2D eigenvalue weighted by molar-refractivity contribution is 5.77. The number of unbranched alkanes of at least 4 members (excludes halogenated alkanes) is 8. The topological polar surface area (TPSA) is 35.5 Å². The van der Waals surface area contributed by atoms with Crippen LogP contribution in [0.4, 0.5) is 0 Å². The van der Waals surface area contributed by atoms with E-state index in [4.69, 9.17) is 9.47 Å². The van der Waals surface area contributed by atoms with Crippen LogP contribution in [0.25, 0.3) is 0 Å². The maximum absolute atomic E-state index is 11.4. The van der Waals surface area contributed by atoms with E-state index in [1.165, 1.54) is 75.3 Å². The number of benzene rings is 1. The third-order valence-corrected chi connectivity index (χ3v) is 7.04. The summed E-state index contributed by atoms with van der Waals surface area (Å²) in [7, 11) is 0. The highest BCUT2D eigenvalue weighted by atomic mass is 16.5. The van der Waals surface area contributed by atoms with Gasteiger partial charge in [-0.1, -0.05) is 127 Å². The Balaban J connectivity index is -0.00000157. The quantitative estimate of drug-likeness (QED) is 0.199. The van der Waals surface area contributed by atoms with Crippen LogP contribution >= 0.6 is 0 Å². The number of hydrogen-bond acceptors (Lipinski definition) is 3. The Morgan fingerprint density at radius 2 is 1.23 bits per heavy atom. The van der Waals surface area contributed by atoms with E-state index in [9.17, 15) is 4.79 Å². The molecule has 238 valence electrons. The molecule has 0 unspecified atom stereocenters. The Hall–Kier alpha value is -1.51. The molecule has 0 spiro atoms. The van der Waals surface area contributed by atoms with Gasteiger partial charge in [-0.15, -0.1) is 0 Å². The first-order valence-electron chi connectivity index (χ1n) is 17.2. The van der Waals surface area contributed by atoms with Crippen LogP contribution in [0.2, 0.25) is 0 Å². The van der Waals surface area contributed by atoms with E-state index >= 15 is 0 Å². The van der Waals surface area contributed by atoms with Gasteiger partial charge in [-0.2, -0.15) is 0 Å². The molecular weight excluding hydrogens is 492 g/mol. The van der Waals surface area contributed by atoms with Gasteiger partial charge in [0.25, 0.3) is 0 Å². The molecule has 0 fully saturated rings. The predicted molar refractivity (Wildman–Crippen MR) is 181 cm³/mol. The Bertz CT molecular complexity index is 721. The van der Waals surface area contributed by atoms with E-state index in [1.54, 1.807) is 6.92 Å². The Morgan fingerprint density at radius 1 is 0.750 bits per heavy atom. The van der Waals surface area contributed by atoms with Crippen molar-refractivity contribution in [3.05, 3.63) is 22.3 Å². The normalized spacial score (nSPS) is 13.0. The van der Waals surface area contributed by atoms with Gasteiger partial charge in [-0.25, -0.2) is 0 Å².